The maximum atomic E-state index is 8.72. The van der Waals surface area contributed by atoms with Gasteiger partial charge in [0.15, 0.2) is 0 Å². The zero-order valence-electron chi connectivity index (χ0n) is 7.94. The van der Waals surface area contributed by atoms with E-state index < -0.39 is 0 Å². The summed E-state index contributed by atoms with van der Waals surface area (Å²) < 4.78 is 0.960. The number of hydrogen-bond donors (Lipinski definition) is 0. The van der Waals surface area contributed by atoms with Crippen molar-refractivity contribution in [1.82, 2.24) is 0 Å². The van der Waals surface area contributed by atoms with E-state index >= 15 is 0 Å². The minimum atomic E-state index is 0.520. The molecule has 0 N–H and O–H groups in total. The van der Waals surface area contributed by atoms with E-state index in [4.69, 9.17) is 16.9 Å². The standard InChI is InChI=1S/C11H9BrClN/c1-7-3-4-9(12)5-10(7)11(13)8(2)6-14/h3-5H,1-2H3/b11-8-. The topological polar surface area (TPSA) is 23.8 Å². The van der Waals surface area contributed by atoms with Crippen LogP contribution in [0.3, 0.4) is 0 Å². The van der Waals surface area contributed by atoms with Gasteiger partial charge < -0.3 is 0 Å². The molecule has 14 heavy (non-hydrogen) atoms. The molecule has 0 bridgehead atoms. The number of aryl methyl sites for hydroxylation is 1. The Balaban J connectivity index is 3.34. The summed E-state index contributed by atoms with van der Waals surface area (Å²) in [6, 6.07) is 7.87. The third-order valence-corrected chi connectivity index (χ3v) is 2.91. The Morgan fingerprint density at radius 1 is 1.50 bits per heavy atom. The van der Waals surface area contributed by atoms with Crippen molar-refractivity contribution in [3.63, 3.8) is 0 Å². The molecule has 0 aliphatic rings. The lowest BCUT2D eigenvalue weighted by molar-refractivity contribution is 1.40. The molecule has 0 aliphatic carbocycles. The molecular weight excluding hydrogens is 261 g/mol. The van der Waals surface area contributed by atoms with E-state index in [1.165, 1.54) is 0 Å². The average Bonchev–Trinajstić information content (AvgIpc) is 2.19. The Labute approximate surface area is 97.1 Å². The molecule has 0 saturated heterocycles. The highest BCUT2D eigenvalue weighted by Crippen LogP contribution is 2.28. The lowest BCUT2D eigenvalue weighted by Crippen LogP contribution is -1.86. The highest BCUT2D eigenvalue weighted by atomic mass is 79.9. The highest BCUT2D eigenvalue weighted by Gasteiger charge is 2.06. The smallest absolute Gasteiger partial charge is 0.0959 e. The van der Waals surface area contributed by atoms with Crippen LogP contribution in [0, 0.1) is 18.3 Å². The Morgan fingerprint density at radius 3 is 2.71 bits per heavy atom. The Morgan fingerprint density at radius 2 is 2.14 bits per heavy atom. The van der Waals surface area contributed by atoms with Crippen molar-refractivity contribution in [2.24, 2.45) is 0 Å². The summed E-state index contributed by atoms with van der Waals surface area (Å²) in [6.45, 7) is 3.68. The molecule has 0 amide bonds. The van der Waals surface area contributed by atoms with Crippen LogP contribution in [0.5, 0.6) is 0 Å². The van der Waals surface area contributed by atoms with Crippen LogP contribution in [0.2, 0.25) is 0 Å². The van der Waals surface area contributed by atoms with Crippen LogP contribution in [0.4, 0.5) is 0 Å². The van der Waals surface area contributed by atoms with Crippen molar-refractivity contribution in [3.8, 4) is 6.07 Å². The Bertz CT molecular complexity index is 429. The van der Waals surface area contributed by atoms with Gasteiger partial charge in [-0.05, 0) is 37.1 Å². The van der Waals surface area contributed by atoms with E-state index in [0.29, 0.717) is 10.6 Å². The molecule has 0 atom stereocenters. The molecule has 0 unspecified atom stereocenters. The van der Waals surface area contributed by atoms with Crippen molar-refractivity contribution in [2.45, 2.75) is 13.8 Å². The van der Waals surface area contributed by atoms with Gasteiger partial charge in [0.05, 0.1) is 11.1 Å². The van der Waals surface area contributed by atoms with E-state index in [0.717, 1.165) is 15.6 Å². The fourth-order valence-electron chi connectivity index (χ4n) is 1.08. The minimum absolute atomic E-state index is 0.520. The summed E-state index contributed by atoms with van der Waals surface area (Å²) in [5.74, 6) is 0. The fraction of sp³-hybridized carbons (Fsp3) is 0.182. The van der Waals surface area contributed by atoms with Gasteiger partial charge in [-0.1, -0.05) is 33.6 Å². The van der Waals surface area contributed by atoms with Gasteiger partial charge in [-0.25, -0.2) is 0 Å². The van der Waals surface area contributed by atoms with Gasteiger partial charge in [0, 0.05) is 10.0 Å². The van der Waals surface area contributed by atoms with Crippen LogP contribution in [-0.2, 0) is 0 Å². The molecule has 3 heteroatoms. The molecule has 0 fully saturated rings. The second kappa shape index (κ2) is 4.63. The number of nitriles is 1. The van der Waals surface area contributed by atoms with Crippen molar-refractivity contribution in [2.75, 3.05) is 0 Å². The second-order valence-corrected chi connectivity index (χ2v) is 4.30. The molecule has 1 nitrogen and oxygen atoms in total. The van der Waals surface area contributed by atoms with Crippen molar-refractivity contribution in [3.05, 3.63) is 39.4 Å². The van der Waals surface area contributed by atoms with E-state index in [1.807, 2.05) is 31.2 Å². The summed E-state index contributed by atoms with van der Waals surface area (Å²) in [5.41, 5.74) is 2.50. The molecular formula is C11H9BrClN. The van der Waals surface area contributed by atoms with Crippen molar-refractivity contribution >= 4 is 32.6 Å². The quantitative estimate of drug-likeness (QED) is 0.700. The first-order chi connectivity index (χ1) is 6.56. The third kappa shape index (κ3) is 2.37. The Hall–Kier alpha value is -0.780. The fourth-order valence-corrected chi connectivity index (χ4v) is 1.69. The molecule has 72 valence electrons. The van der Waals surface area contributed by atoms with Crippen LogP contribution in [0.25, 0.3) is 5.03 Å². The zero-order valence-corrected chi connectivity index (χ0v) is 10.3. The van der Waals surface area contributed by atoms with Crippen LogP contribution >= 0.6 is 27.5 Å². The largest absolute Gasteiger partial charge is 0.193 e. The van der Waals surface area contributed by atoms with Gasteiger partial charge in [0.25, 0.3) is 0 Å². The third-order valence-electron chi connectivity index (χ3n) is 1.93. The number of nitrogens with zero attached hydrogens (tertiary/aromatic N) is 1. The molecule has 1 aromatic carbocycles. The second-order valence-electron chi connectivity index (χ2n) is 3.01. The average molecular weight is 271 g/mol. The lowest BCUT2D eigenvalue weighted by Gasteiger charge is -2.05. The van der Waals surface area contributed by atoms with Gasteiger partial charge in [-0.15, -0.1) is 0 Å². The van der Waals surface area contributed by atoms with Gasteiger partial charge in [0.2, 0.25) is 0 Å². The van der Waals surface area contributed by atoms with Crippen LogP contribution < -0.4 is 0 Å². The monoisotopic (exact) mass is 269 g/mol. The van der Waals surface area contributed by atoms with Gasteiger partial charge in [0.1, 0.15) is 0 Å². The summed E-state index contributed by atoms with van der Waals surface area (Å²) in [4.78, 5) is 0. The van der Waals surface area contributed by atoms with Crippen LogP contribution in [0.15, 0.2) is 28.2 Å². The highest BCUT2D eigenvalue weighted by molar-refractivity contribution is 9.10. The van der Waals surface area contributed by atoms with E-state index in [-0.39, 0.29) is 0 Å². The summed E-state index contributed by atoms with van der Waals surface area (Å²) in [6.07, 6.45) is 0. The molecule has 0 aliphatic heterocycles. The number of hydrogen-bond acceptors (Lipinski definition) is 1. The van der Waals surface area contributed by atoms with Gasteiger partial charge in [-0.2, -0.15) is 5.26 Å². The molecule has 0 radical (unpaired) electrons. The molecule has 0 spiro atoms. The van der Waals surface area contributed by atoms with Crippen LogP contribution in [-0.4, -0.2) is 0 Å². The van der Waals surface area contributed by atoms with E-state index in [2.05, 4.69) is 15.9 Å². The number of allylic oxidation sites excluding steroid dienone is 1. The number of benzene rings is 1. The van der Waals surface area contributed by atoms with Crippen LogP contribution in [0.1, 0.15) is 18.1 Å². The van der Waals surface area contributed by atoms with Gasteiger partial charge in [-0.3, -0.25) is 0 Å². The van der Waals surface area contributed by atoms with Crippen molar-refractivity contribution in [1.29, 1.82) is 5.26 Å². The minimum Gasteiger partial charge on any atom is -0.193 e. The predicted octanol–water partition coefficient (Wildman–Crippen LogP) is 4.25. The van der Waals surface area contributed by atoms with E-state index in [9.17, 15) is 0 Å². The molecule has 1 aromatic rings. The first kappa shape index (κ1) is 11.3. The number of halogens is 2. The maximum Gasteiger partial charge on any atom is 0.0959 e. The zero-order chi connectivity index (χ0) is 10.7. The van der Waals surface area contributed by atoms with Crippen molar-refractivity contribution < 1.29 is 0 Å². The molecule has 0 aromatic heterocycles. The molecule has 0 saturated carbocycles. The predicted molar refractivity (Wildman–Crippen MR) is 62.9 cm³/mol. The summed E-state index contributed by atoms with van der Waals surface area (Å²) >= 11 is 9.44. The first-order valence-electron chi connectivity index (χ1n) is 4.09. The first-order valence-corrected chi connectivity index (χ1v) is 5.26. The molecule has 0 heterocycles. The SMILES string of the molecule is C/C(C#N)=C(/Cl)c1cc(Br)ccc1C. The molecule has 1 rings (SSSR count). The van der Waals surface area contributed by atoms with Gasteiger partial charge >= 0.3 is 0 Å². The Kier molecular flexibility index (Phi) is 3.74. The maximum absolute atomic E-state index is 8.72. The summed E-state index contributed by atoms with van der Waals surface area (Å²) in [5, 5.41) is 9.24. The normalized spacial score (nSPS) is 11.9. The summed E-state index contributed by atoms with van der Waals surface area (Å²) in [7, 11) is 0. The lowest BCUT2D eigenvalue weighted by atomic mass is 10.1. The number of rotatable bonds is 1. The van der Waals surface area contributed by atoms with E-state index in [1.54, 1.807) is 6.92 Å².